The zero-order valence-electron chi connectivity index (χ0n) is 14.3. The van der Waals surface area contributed by atoms with Gasteiger partial charge in [0.05, 0.1) is 5.41 Å². The Hall–Kier alpha value is -2.24. The van der Waals surface area contributed by atoms with E-state index in [0.717, 1.165) is 49.8 Å². The lowest BCUT2D eigenvalue weighted by Gasteiger charge is -2.38. The third kappa shape index (κ3) is 2.94. The second-order valence-electron chi connectivity index (χ2n) is 7.17. The molecule has 1 atom stereocenters. The highest BCUT2D eigenvalue weighted by atomic mass is 16.7. The molecular weight excluding hydrogens is 320 g/mol. The number of fused-ring (bicyclic) bond motifs is 1. The molecule has 1 aromatic carbocycles. The molecule has 0 spiro atoms. The highest BCUT2D eigenvalue weighted by Crippen LogP contribution is 2.43. The maximum absolute atomic E-state index is 13.3. The monoisotopic (exact) mass is 344 g/mol. The minimum atomic E-state index is -0.586. The third-order valence-corrected chi connectivity index (χ3v) is 5.66. The summed E-state index contributed by atoms with van der Waals surface area (Å²) in [6.07, 6.45) is 6.36. The normalized spacial score (nSPS) is 24.5. The summed E-state index contributed by atoms with van der Waals surface area (Å²) in [5, 5.41) is 5.86. The van der Waals surface area contributed by atoms with Crippen LogP contribution < -0.4 is 20.1 Å². The Labute approximate surface area is 147 Å². The number of carbonyl (C=O) groups excluding carboxylic acids is 2. The van der Waals surface area contributed by atoms with Crippen molar-refractivity contribution in [2.75, 3.05) is 13.3 Å². The van der Waals surface area contributed by atoms with Crippen LogP contribution in [0.4, 0.5) is 0 Å². The molecule has 1 saturated heterocycles. The Kier molecular flexibility index (Phi) is 4.27. The van der Waals surface area contributed by atoms with Gasteiger partial charge in [-0.2, -0.15) is 0 Å². The molecule has 6 heteroatoms. The predicted molar refractivity (Wildman–Crippen MR) is 91.5 cm³/mol. The number of piperidine rings is 1. The molecule has 1 aliphatic carbocycles. The van der Waals surface area contributed by atoms with Gasteiger partial charge in [-0.25, -0.2) is 0 Å². The van der Waals surface area contributed by atoms with Gasteiger partial charge < -0.3 is 20.1 Å². The predicted octanol–water partition coefficient (Wildman–Crippen LogP) is 2.01. The average molecular weight is 344 g/mol. The molecule has 1 aromatic rings. The van der Waals surface area contributed by atoms with Crippen LogP contribution in [-0.2, 0) is 15.0 Å². The van der Waals surface area contributed by atoms with Crippen molar-refractivity contribution in [3.63, 3.8) is 0 Å². The summed E-state index contributed by atoms with van der Waals surface area (Å²) in [6, 6.07) is 5.37. The topological polar surface area (TPSA) is 76.7 Å². The van der Waals surface area contributed by atoms with Crippen LogP contribution in [0, 0.1) is 0 Å². The van der Waals surface area contributed by atoms with Crippen LogP contribution in [-0.4, -0.2) is 31.2 Å². The lowest BCUT2D eigenvalue weighted by molar-refractivity contribution is -0.134. The van der Waals surface area contributed by atoms with E-state index in [1.807, 2.05) is 18.2 Å². The zero-order chi connectivity index (χ0) is 17.3. The van der Waals surface area contributed by atoms with Crippen molar-refractivity contribution in [1.29, 1.82) is 0 Å². The summed E-state index contributed by atoms with van der Waals surface area (Å²) in [6.45, 7) is 0.915. The largest absolute Gasteiger partial charge is 0.454 e. The molecule has 0 aromatic heterocycles. The Morgan fingerprint density at radius 3 is 2.72 bits per heavy atom. The summed E-state index contributed by atoms with van der Waals surface area (Å²) in [7, 11) is 0. The molecule has 2 amide bonds. The molecule has 0 bridgehead atoms. The Morgan fingerprint density at radius 2 is 1.92 bits per heavy atom. The molecular formula is C19H24N2O4. The molecule has 3 aliphatic rings. The summed E-state index contributed by atoms with van der Waals surface area (Å²) in [5.74, 6) is 1.32. The van der Waals surface area contributed by atoms with Crippen molar-refractivity contribution in [1.82, 2.24) is 10.6 Å². The number of benzene rings is 1. The van der Waals surface area contributed by atoms with Crippen LogP contribution in [0.5, 0.6) is 11.5 Å². The molecule has 2 fully saturated rings. The van der Waals surface area contributed by atoms with Gasteiger partial charge in [-0.15, -0.1) is 0 Å². The van der Waals surface area contributed by atoms with E-state index < -0.39 is 11.5 Å². The van der Waals surface area contributed by atoms with Crippen LogP contribution in [0.3, 0.4) is 0 Å². The number of hydrogen-bond donors (Lipinski definition) is 2. The highest BCUT2D eigenvalue weighted by Gasteiger charge is 2.43. The maximum atomic E-state index is 13.3. The second kappa shape index (κ2) is 6.58. The number of hydrogen-bond acceptors (Lipinski definition) is 4. The first kappa shape index (κ1) is 16.2. The second-order valence-corrected chi connectivity index (χ2v) is 7.17. The molecule has 2 aliphatic heterocycles. The van der Waals surface area contributed by atoms with E-state index in [0.29, 0.717) is 18.7 Å². The van der Waals surface area contributed by atoms with Crippen LogP contribution in [0.1, 0.15) is 50.5 Å². The molecule has 6 nitrogen and oxygen atoms in total. The van der Waals surface area contributed by atoms with Crippen molar-refractivity contribution in [2.24, 2.45) is 0 Å². The van der Waals surface area contributed by atoms with Crippen LogP contribution >= 0.6 is 0 Å². The van der Waals surface area contributed by atoms with Gasteiger partial charge in [-0.05, 0) is 43.4 Å². The first-order valence-corrected chi connectivity index (χ1v) is 9.18. The van der Waals surface area contributed by atoms with E-state index in [-0.39, 0.29) is 18.6 Å². The van der Waals surface area contributed by atoms with Gasteiger partial charge in [0.1, 0.15) is 6.04 Å². The van der Waals surface area contributed by atoms with Gasteiger partial charge in [0, 0.05) is 6.54 Å². The quantitative estimate of drug-likeness (QED) is 0.879. The van der Waals surface area contributed by atoms with Gasteiger partial charge in [-0.3, -0.25) is 9.59 Å². The number of carbonyl (C=O) groups is 2. The van der Waals surface area contributed by atoms with E-state index in [1.54, 1.807) is 0 Å². The highest BCUT2D eigenvalue weighted by molar-refractivity contribution is 5.93. The molecule has 25 heavy (non-hydrogen) atoms. The number of rotatable bonds is 3. The SMILES string of the molecule is O=C1NCCC[C@H]1NC(=O)C1(c2ccc3c(c2)OCO3)CCCCC1. The third-order valence-electron chi connectivity index (χ3n) is 5.66. The Bertz CT molecular complexity index is 682. The van der Waals surface area contributed by atoms with E-state index in [4.69, 9.17) is 9.47 Å². The summed E-state index contributed by atoms with van der Waals surface area (Å²) in [5.41, 5.74) is 0.377. The fourth-order valence-corrected chi connectivity index (χ4v) is 4.20. The number of ether oxygens (including phenoxy) is 2. The van der Waals surface area contributed by atoms with E-state index in [2.05, 4.69) is 10.6 Å². The smallest absolute Gasteiger partial charge is 0.242 e. The summed E-state index contributed by atoms with van der Waals surface area (Å²) >= 11 is 0. The van der Waals surface area contributed by atoms with E-state index >= 15 is 0 Å². The van der Waals surface area contributed by atoms with E-state index in [9.17, 15) is 9.59 Å². The fraction of sp³-hybridized carbons (Fsp3) is 0.579. The molecule has 4 rings (SSSR count). The minimum Gasteiger partial charge on any atom is -0.454 e. The van der Waals surface area contributed by atoms with Gasteiger partial charge in [0.2, 0.25) is 18.6 Å². The van der Waals surface area contributed by atoms with Crippen LogP contribution in [0.25, 0.3) is 0 Å². The Morgan fingerprint density at radius 1 is 1.12 bits per heavy atom. The van der Waals surface area contributed by atoms with Crippen molar-refractivity contribution in [2.45, 2.75) is 56.4 Å². The van der Waals surface area contributed by atoms with Crippen molar-refractivity contribution in [3.05, 3.63) is 23.8 Å². The molecule has 134 valence electrons. The summed E-state index contributed by atoms with van der Waals surface area (Å²) in [4.78, 5) is 25.3. The van der Waals surface area contributed by atoms with Crippen LogP contribution in [0.2, 0.25) is 0 Å². The van der Waals surface area contributed by atoms with Crippen molar-refractivity contribution in [3.8, 4) is 11.5 Å². The fourth-order valence-electron chi connectivity index (χ4n) is 4.20. The molecule has 0 unspecified atom stereocenters. The number of amides is 2. The minimum absolute atomic E-state index is 0.0342. The molecule has 1 saturated carbocycles. The zero-order valence-corrected chi connectivity index (χ0v) is 14.3. The van der Waals surface area contributed by atoms with Crippen molar-refractivity contribution < 1.29 is 19.1 Å². The first-order valence-electron chi connectivity index (χ1n) is 9.18. The standard InChI is InChI=1S/C19H24N2O4/c22-17-14(5-4-10-20-17)21-18(23)19(8-2-1-3-9-19)13-6-7-15-16(11-13)25-12-24-15/h6-7,11,14H,1-5,8-10,12H2,(H,20,22)(H,21,23)/t14-/m1/s1. The van der Waals surface area contributed by atoms with E-state index in [1.165, 1.54) is 0 Å². The van der Waals surface area contributed by atoms with Gasteiger partial charge in [-0.1, -0.05) is 25.3 Å². The lowest BCUT2D eigenvalue weighted by Crippen LogP contribution is -2.55. The maximum Gasteiger partial charge on any atom is 0.242 e. The summed E-state index contributed by atoms with van der Waals surface area (Å²) < 4.78 is 10.9. The van der Waals surface area contributed by atoms with Gasteiger partial charge >= 0.3 is 0 Å². The molecule has 2 N–H and O–H groups in total. The first-order chi connectivity index (χ1) is 12.2. The average Bonchev–Trinajstić information content (AvgIpc) is 3.12. The van der Waals surface area contributed by atoms with Crippen LogP contribution in [0.15, 0.2) is 18.2 Å². The number of nitrogens with one attached hydrogen (secondary N) is 2. The molecule has 0 radical (unpaired) electrons. The van der Waals surface area contributed by atoms with Gasteiger partial charge in [0.25, 0.3) is 0 Å². The van der Waals surface area contributed by atoms with Gasteiger partial charge in [0.15, 0.2) is 11.5 Å². The Balaban J connectivity index is 1.62. The van der Waals surface area contributed by atoms with Crippen molar-refractivity contribution >= 4 is 11.8 Å². The molecule has 2 heterocycles. The lowest BCUT2D eigenvalue weighted by atomic mass is 9.68.